The first kappa shape index (κ1) is 15.0. The molecule has 2 aromatic rings. The third-order valence-electron chi connectivity index (χ3n) is 2.31. The molecule has 1 heterocycles. The molecular formula is C12H11FN4O3S. The number of nitrogens with zero attached hydrogens (tertiary/aromatic N) is 2. The molecule has 0 atom stereocenters. The van der Waals surface area contributed by atoms with Crippen LogP contribution in [0.2, 0.25) is 0 Å². The van der Waals surface area contributed by atoms with Gasteiger partial charge >= 0.3 is 6.01 Å². The average Bonchev–Trinajstić information content (AvgIpc) is 2.80. The first-order valence-corrected chi connectivity index (χ1v) is 7.22. The number of hydrogen-bond donors (Lipinski definition) is 2. The van der Waals surface area contributed by atoms with Crippen molar-refractivity contribution < 1.29 is 17.3 Å². The molecule has 2 rings (SSSR count). The van der Waals surface area contributed by atoms with E-state index in [1.54, 1.807) is 0 Å². The van der Waals surface area contributed by atoms with Crippen LogP contribution in [0.4, 0.5) is 10.4 Å². The summed E-state index contributed by atoms with van der Waals surface area (Å²) in [4.78, 5) is 3.52. The van der Waals surface area contributed by atoms with Crippen LogP contribution in [-0.4, -0.2) is 25.1 Å². The van der Waals surface area contributed by atoms with Gasteiger partial charge in [-0.25, -0.2) is 17.5 Å². The van der Waals surface area contributed by atoms with Crippen LogP contribution in [0.3, 0.4) is 0 Å². The number of rotatable bonds is 3. The van der Waals surface area contributed by atoms with Gasteiger partial charge in [-0.2, -0.15) is 4.98 Å². The number of halogens is 1. The molecule has 0 fully saturated rings. The highest BCUT2D eigenvalue weighted by atomic mass is 32.2. The number of anilines is 1. The van der Waals surface area contributed by atoms with Crippen LogP contribution < -0.4 is 10.5 Å². The molecule has 0 unspecified atom stereocenters. The molecule has 3 N–H and O–H groups in total. The molecule has 0 radical (unpaired) electrons. The smallest absolute Gasteiger partial charge is 0.320 e. The van der Waals surface area contributed by atoms with Crippen molar-refractivity contribution in [3.05, 3.63) is 35.4 Å². The van der Waals surface area contributed by atoms with E-state index in [1.165, 1.54) is 6.92 Å². The Morgan fingerprint density at radius 1 is 1.48 bits per heavy atom. The second-order valence-electron chi connectivity index (χ2n) is 3.90. The van der Waals surface area contributed by atoms with Gasteiger partial charge in [0.1, 0.15) is 10.7 Å². The van der Waals surface area contributed by atoms with Gasteiger partial charge in [0.05, 0.1) is 6.54 Å². The summed E-state index contributed by atoms with van der Waals surface area (Å²) in [6.07, 6.45) is 0. The number of nitrogens with two attached hydrogens (primary N) is 1. The average molecular weight is 310 g/mol. The maximum atomic E-state index is 13.2. The lowest BCUT2D eigenvalue weighted by Gasteiger charge is -2.06. The molecule has 0 saturated carbocycles. The zero-order valence-electron chi connectivity index (χ0n) is 10.9. The van der Waals surface area contributed by atoms with Gasteiger partial charge in [0.2, 0.25) is 0 Å². The van der Waals surface area contributed by atoms with Gasteiger partial charge in [-0.15, -0.1) is 0 Å². The van der Waals surface area contributed by atoms with Crippen molar-refractivity contribution in [2.45, 2.75) is 11.8 Å². The number of hydrogen-bond acceptors (Lipinski definition) is 6. The molecule has 0 amide bonds. The zero-order valence-corrected chi connectivity index (χ0v) is 11.7. The Hall–Kier alpha value is -2.44. The van der Waals surface area contributed by atoms with Crippen molar-refractivity contribution in [2.24, 2.45) is 5.73 Å². The number of aromatic nitrogens is 2. The summed E-state index contributed by atoms with van der Waals surface area (Å²) in [7, 11) is -4.03. The predicted molar refractivity (Wildman–Crippen MR) is 72.2 cm³/mol. The molecule has 0 aliphatic rings. The number of nitrogens with one attached hydrogen (secondary N) is 1. The fourth-order valence-electron chi connectivity index (χ4n) is 1.49. The van der Waals surface area contributed by atoms with E-state index in [0.29, 0.717) is 0 Å². The fraction of sp³-hybridized carbons (Fsp3) is 0.167. The quantitative estimate of drug-likeness (QED) is 0.804. The molecule has 0 saturated heterocycles. The van der Waals surface area contributed by atoms with Crippen molar-refractivity contribution in [1.82, 2.24) is 10.1 Å². The van der Waals surface area contributed by atoms with Gasteiger partial charge < -0.3 is 10.3 Å². The molecule has 7 nitrogen and oxygen atoms in total. The topological polar surface area (TPSA) is 111 Å². The normalized spacial score (nSPS) is 10.8. The Bertz CT molecular complexity index is 821. The summed E-state index contributed by atoms with van der Waals surface area (Å²) in [5.41, 5.74) is 5.22. The van der Waals surface area contributed by atoms with E-state index >= 15 is 0 Å². The Balaban J connectivity index is 2.44. The lowest BCUT2D eigenvalue weighted by atomic mass is 10.2. The maximum Gasteiger partial charge on any atom is 0.335 e. The highest BCUT2D eigenvalue weighted by Gasteiger charge is 2.21. The Labute approximate surface area is 120 Å². The highest BCUT2D eigenvalue weighted by Crippen LogP contribution is 2.19. The number of aryl methyl sites for hydroxylation is 1. The number of benzene rings is 1. The summed E-state index contributed by atoms with van der Waals surface area (Å²) >= 11 is 0. The zero-order chi connectivity index (χ0) is 15.5. The Kier molecular flexibility index (Phi) is 4.21. The van der Waals surface area contributed by atoms with Gasteiger partial charge in [0.25, 0.3) is 10.0 Å². The van der Waals surface area contributed by atoms with Gasteiger partial charge in [-0.1, -0.05) is 17.0 Å². The molecule has 0 aliphatic heterocycles. The van der Waals surface area contributed by atoms with Crippen LogP contribution in [0.5, 0.6) is 0 Å². The standard InChI is InChI=1S/C12H11FN4O3S/c1-8-15-12(20-16-8)17-21(18,19)11-5-4-10(13)7-9(11)3-2-6-14/h4-5,7H,6,14H2,1H3,(H,15,16,17). The minimum absolute atomic E-state index is 0.0100. The molecule has 110 valence electrons. The van der Waals surface area contributed by atoms with Crippen LogP contribution in [-0.2, 0) is 10.0 Å². The molecule has 1 aromatic carbocycles. The van der Waals surface area contributed by atoms with Crippen LogP contribution in [0, 0.1) is 24.6 Å². The lowest BCUT2D eigenvalue weighted by molar-refractivity contribution is 0.429. The summed E-state index contributed by atoms with van der Waals surface area (Å²) < 4.78 is 44.5. The third-order valence-corrected chi connectivity index (χ3v) is 3.68. The van der Waals surface area contributed by atoms with E-state index in [4.69, 9.17) is 5.73 Å². The van der Waals surface area contributed by atoms with Crippen molar-refractivity contribution in [1.29, 1.82) is 0 Å². The predicted octanol–water partition coefficient (Wildman–Crippen LogP) is 0.628. The first-order valence-electron chi connectivity index (χ1n) is 5.74. The summed E-state index contributed by atoms with van der Waals surface area (Å²) in [5, 5.41) is 3.46. The minimum Gasteiger partial charge on any atom is -0.320 e. The van der Waals surface area contributed by atoms with E-state index in [2.05, 4.69) is 31.2 Å². The lowest BCUT2D eigenvalue weighted by Crippen LogP contribution is -2.15. The molecule has 0 spiro atoms. The van der Waals surface area contributed by atoms with Crippen LogP contribution in [0.25, 0.3) is 0 Å². The molecule has 21 heavy (non-hydrogen) atoms. The van der Waals surface area contributed by atoms with E-state index < -0.39 is 15.8 Å². The van der Waals surface area contributed by atoms with E-state index in [9.17, 15) is 12.8 Å². The largest absolute Gasteiger partial charge is 0.335 e. The molecule has 0 aliphatic carbocycles. The van der Waals surface area contributed by atoms with Crippen LogP contribution >= 0.6 is 0 Å². The SMILES string of the molecule is Cc1noc(NS(=O)(=O)c2ccc(F)cc2C#CCN)n1. The fourth-order valence-corrected chi connectivity index (χ4v) is 2.56. The second-order valence-corrected chi connectivity index (χ2v) is 5.55. The Morgan fingerprint density at radius 3 is 2.86 bits per heavy atom. The van der Waals surface area contributed by atoms with Crippen molar-refractivity contribution in [3.8, 4) is 11.8 Å². The second kappa shape index (κ2) is 5.90. The highest BCUT2D eigenvalue weighted by molar-refractivity contribution is 7.92. The minimum atomic E-state index is -4.03. The van der Waals surface area contributed by atoms with Gasteiger partial charge in [-0.3, -0.25) is 0 Å². The molecule has 0 bridgehead atoms. The third kappa shape index (κ3) is 3.56. The monoisotopic (exact) mass is 310 g/mol. The van der Waals surface area contributed by atoms with Crippen molar-refractivity contribution in [2.75, 3.05) is 11.3 Å². The molecule has 9 heteroatoms. The van der Waals surface area contributed by atoms with Gasteiger partial charge in [-0.05, 0) is 25.1 Å². The maximum absolute atomic E-state index is 13.2. The van der Waals surface area contributed by atoms with Crippen molar-refractivity contribution >= 4 is 16.0 Å². The van der Waals surface area contributed by atoms with Crippen molar-refractivity contribution in [3.63, 3.8) is 0 Å². The molecular weight excluding hydrogens is 299 g/mol. The van der Waals surface area contributed by atoms with E-state index in [0.717, 1.165) is 18.2 Å². The van der Waals surface area contributed by atoms with E-state index in [-0.39, 0.29) is 28.8 Å². The first-order chi connectivity index (χ1) is 9.92. The summed E-state index contributed by atoms with van der Waals surface area (Å²) in [6, 6.07) is 2.84. The molecule has 1 aromatic heterocycles. The summed E-state index contributed by atoms with van der Waals surface area (Å²) in [6.45, 7) is 1.56. The van der Waals surface area contributed by atoms with E-state index in [1.807, 2.05) is 0 Å². The van der Waals surface area contributed by atoms with Crippen LogP contribution in [0.1, 0.15) is 11.4 Å². The number of sulfonamides is 1. The Morgan fingerprint density at radius 2 is 2.24 bits per heavy atom. The van der Waals surface area contributed by atoms with Crippen LogP contribution in [0.15, 0.2) is 27.6 Å². The van der Waals surface area contributed by atoms with Gasteiger partial charge in [0.15, 0.2) is 5.82 Å². The van der Waals surface area contributed by atoms with Gasteiger partial charge in [0, 0.05) is 5.56 Å². The summed E-state index contributed by atoms with van der Waals surface area (Å²) in [5.74, 6) is 4.66.